The molecule has 5 heterocycles. The van der Waals surface area contributed by atoms with Gasteiger partial charge in [0.15, 0.2) is 29.8 Å². The second-order valence-electron chi connectivity index (χ2n) is 9.60. The van der Waals surface area contributed by atoms with Crippen LogP contribution in [0.1, 0.15) is 27.8 Å². The van der Waals surface area contributed by atoms with Crippen LogP contribution in [0.3, 0.4) is 0 Å². The average Bonchev–Trinajstić information content (AvgIpc) is 3.70. The third-order valence-electron chi connectivity index (χ3n) is 6.57. The average molecular weight is 669 g/mol. The summed E-state index contributed by atoms with van der Waals surface area (Å²) in [4.78, 5) is 47.3. The van der Waals surface area contributed by atoms with Gasteiger partial charge in [0.1, 0.15) is 59.2 Å². The second-order valence-corrected chi connectivity index (χ2v) is 14.7. The number of hydrogen-bond acceptors (Lipinski definition) is 16. The Kier molecular flexibility index (Phi) is 8.98. The number of primary amides is 1. The molecule has 2 aliphatic heterocycles. The van der Waals surface area contributed by atoms with Gasteiger partial charge in [0.2, 0.25) is 0 Å². The fourth-order valence-electron chi connectivity index (χ4n) is 4.43. The molecular weight excluding hydrogens is 643 g/mol. The van der Waals surface area contributed by atoms with Crippen LogP contribution in [0.2, 0.25) is 0 Å². The number of nitrogens with two attached hydrogens (primary N) is 2. The highest BCUT2D eigenvalue weighted by Gasteiger charge is 2.48. The Morgan fingerprint density at radius 1 is 1.05 bits per heavy atom. The molecule has 3 aromatic heterocycles. The first-order valence-corrected chi connectivity index (χ1v) is 16.7. The van der Waals surface area contributed by atoms with Crippen LogP contribution in [-0.2, 0) is 27.7 Å². The summed E-state index contributed by atoms with van der Waals surface area (Å²) in [6, 6.07) is 0. The highest BCUT2D eigenvalue weighted by Crippen LogP contribution is 2.59. The summed E-state index contributed by atoms with van der Waals surface area (Å²) in [5, 5.41) is 32.3. The number of fused-ring (bicyclic) bond motifs is 1. The molecule has 0 bridgehead atoms. The van der Waals surface area contributed by atoms with E-state index in [1.807, 2.05) is 0 Å². The quantitative estimate of drug-likeness (QED) is 0.118. The lowest BCUT2D eigenvalue weighted by molar-refractivity contribution is -0.0425. The van der Waals surface area contributed by atoms with Gasteiger partial charge in [-0.05, 0) is 0 Å². The Morgan fingerprint density at radius 2 is 1.70 bits per heavy atom. The standard InChI is InChI=1S/C20H26FN7O12P2S/c21-10-12(29)8(40-20(10)28-5-26-11-16(22)24-4-25-18(11)28)1-37-41(33,34)6-42(35,36)38-2-9-13(30)14(31)15(39-9)19-27-7(3-43-19)17(23)32/h3-5,8-10,12-15,20,29-31H,1-2,6H2,(H2,23,32)(H,33,34)(H,35,36)(H2,22,24,25)/t8-,9-,10+,12-,13-,14-,15-,20-/m1/s1. The van der Waals surface area contributed by atoms with Crippen LogP contribution in [0, 0.1) is 0 Å². The Morgan fingerprint density at radius 3 is 2.33 bits per heavy atom. The number of imidazole rings is 1. The van der Waals surface area contributed by atoms with Crippen molar-refractivity contribution in [2.24, 2.45) is 5.73 Å². The van der Waals surface area contributed by atoms with Crippen molar-refractivity contribution in [1.29, 1.82) is 0 Å². The van der Waals surface area contributed by atoms with Crippen molar-refractivity contribution in [3.05, 3.63) is 28.7 Å². The molecule has 43 heavy (non-hydrogen) atoms. The lowest BCUT2D eigenvalue weighted by Gasteiger charge is -2.21. The van der Waals surface area contributed by atoms with Gasteiger partial charge in [-0.2, -0.15) is 0 Å². The number of amides is 1. The van der Waals surface area contributed by atoms with Crippen LogP contribution in [0.4, 0.5) is 10.2 Å². The fourth-order valence-corrected chi connectivity index (χ4v) is 8.53. The first-order valence-electron chi connectivity index (χ1n) is 12.3. The molecule has 5 rings (SSSR count). The molecule has 23 heteroatoms. The lowest BCUT2D eigenvalue weighted by atomic mass is 10.1. The highest BCUT2D eigenvalue weighted by molar-refractivity contribution is 7.70. The number of aliphatic hydroxyl groups excluding tert-OH is 3. The molecule has 2 unspecified atom stereocenters. The van der Waals surface area contributed by atoms with Crippen molar-refractivity contribution in [3.63, 3.8) is 0 Å². The van der Waals surface area contributed by atoms with Crippen LogP contribution in [0.25, 0.3) is 11.2 Å². The van der Waals surface area contributed by atoms with E-state index in [0.29, 0.717) is 0 Å². The first-order chi connectivity index (χ1) is 20.2. The number of halogens is 1. The number of alkyl halides is 1. The number of rotatable bonds is 11. The Balaban J connectivity index is 1.15. The van der Waals surface area contributed by atoms with Crippen LogP contribution >= 0.6 is 26.5 Å². The Hall–Kier alpha value is -2.52. The topological polar surface area (TPSA) is 298 Å². The lowest BCUT2D eigenvalue weighted by Crippen LogP contribution is -2.33. The number of hydrogen-bond donors (Lipinski definition) is 7. The SMILES string of the molecule is NC(=O)c1csc([C@@H]2O[C@H](COP(=O)(O)CP(=O)(O)OC[C@H]3O[C@@H](n4cnc5c(N)ncnc54)[C@@H](F)[C@@H]3O)[C@@H](O)[C@H]2O)n1. The van der Waals surface area contributed by atoms with E-state index in [2.05, 4.69) is 19.9 Å². The van der Waals surface area contributed by atoms with Crippen molar-refractivity contribution >= 4 is 49.4 Å². The van der Waals surface area contributed by atoms with E-state index in [-0.39, 0.29) is 27.7 Å². The molecule has 2 fully saturated rings. The molecule has 0 saturated carbocycles. The molecule has 9 N–H and O–H groups in total. The molecule has 19 nitrogen and oxygen atoms in total. The van der Waals surface area contributed by atoms with Crippen molar-refractivity contribution in [1.82, 2.24) is 24.5 Å². The molecule has 236 valence electrons. The van der Waals surface area contributed by atoms with Gasteiger partial charge in [-0.3, -0.25) is 18.5 Å². The van der Waals surface area contributed by atoms with E-state index in [1.54, 1.807) is 0 Å². The summed E-state index contributed by atoms with van der Waals surface area (Å²) < 4.78 is 61.9. The van der Waals surface area contributed by atoms with Gasteiger partial charge < -0.3 is 55.1 Å². The number of aromatic nitrogens is 5. The van der Waals surface area contributed by atoms with Gasteiger partial charge in [-0.15, -0.1) is 11.3 Å². The van der Waals surface area contributed by atoms with Gasteiger partial charge in [-0.1, -0.05) is 0 Å². The molecule has 0 aromatic carbocycles. The molecule has 10 atom stereocenters. The van der Waals surface area contributed by atoms with Gasteiger partial charge in [0, 0.05) is 5.38 Å². The molecular formula is C20H26FN7O12P2S. The first kappa shape index (κ1) is 31.9. The van der Waals surface area contributed by atoms with Crippen molar-refractivity contribution < 1.29 is 61.9 Å². The summed E-state index contributed by atoms with van der Waals surface area (Å²) >= 11 is 0.925. The maximum Gasteiger partial charge on any atom is 0.340 e. The number of nitrogen functional groups attached to an aromatic ring is 1. The Labute approximate surface area is 244 Å². The van der Waals surface area contributed by atoms with Gasteiger partial charge >= 0.3 is 15.2 Å². The molecule has 3 aromatic rings. The summed E-state index contributed by atoms with van der Waals surface area (Å²) in [5.41, 5.74) is 11.1. The largest absolute Gasteiger partial charge is 0.387 e. The maximum atomic E-state index is 14.9. The highest BCUT2D eigenvalue weighted by atomic mass is 32.1. The normalized spacial score (nSPS) is 32.1. The van der Waals surface area contributed by atoms with Crippen LogP contribution in [0.5, 0.6) is 0 Å². The second kappa shape index (κ2) is 12.1. The predicted octanol–water partition coefficient (Wildman–Crippen LogP) is -1.22. The summed E-state index contributed by atoms with van der Waals surface area (Å²) in [7, 11) is -9.79. The number of aliphatic hydroxyl groups is 3. The van der Waals surface area contributed by atoms with Gasteiger partial charge in [0.05, 0.1) is 19.5 Å². The van der Waals surface area contributed by atoms with E-state index in [1.165, 1.54) is 11.7 Å². The van der Waals surface area contributed by atoms with Gasteiger partial charge in [0.25, 0.3) is 5.91 Å². The van der Waals surface area contributed by atoms with Crippen LogP contribution in [0.15, 0.2) is 18.0 Å². The fraction of sp³-hybridized carbons (Fsp3) is 0.550. The maximum absolute atomic E-state index is 14.9. The number of carbonyl (C=O) groups is 1. The zero-order chi connectivity index (χ0) is 31.3. The van der Waals surface area contributed by atoms with Crippen molar-refractivity contribution in [2.45, 2.75) is 49.0 Å². The number of anilines is 1. The zero-order valence-electron chi connectivity index (χ0n) is 21.6. The van der Waals surface area contributed by atoms with E-state index in [0.717, 1.165) is 22.2 Å². The van der Waals surface area contributed by atoms with E-state index in [4.69, 9.17) is 30.0 Å². The third-order valence-corrected chi connectivity index (χ3v) is 11.4. The van der Waals surface area contributed by atoms with Crippen molar-refractivity contribution in [3.8, 4) is 0 Å². The minimum absolute atomic E-state index is 0.0257. The summed E-state index contributed by atoms with van der Waals surface area (Å²) in [6.45, 7) is -1.64. The Bertz CT molecular complexity index is 1600. The van der Waals surface area contributed by atoms with Gasteiger partial charge in [-0.25, -0.2) is 24.3 Å². The zero-order valence-corrected chi connectivity index (χ0v) is 24.2. The summed E-state index contributed by atoms with van der Waals surface area (Å²) in [5.74, 6) is -2.22. The van der Waals surface area contributed by atoms with Crippen LogP contribution in [-0.4, -0.2) is 111 Å². The molecule has 1 amide bonds. The predicted molar refractivity (Wildman–Crippen MR) is 141 cm³/mol. The minimum atomic E-state index is -4.91. The van der Waals surface area contributed by atoms with Crippen molar-refractivity contribution in [2.75, 3.05) is 24.9 Å². The van der Waals surface area contributed by atoms with Crippen LogP contribution < -0.4 is 11.5 Å². The number of thiazole rings is 1. The third kappa shape index (κ3) is 6.63. The molecule has 0 radical (unpaired) electrons. The number of carbonyl (C=O) groups excluding carboxylic acids is 1. The number of ether oxygens (including phenoxy) is 2. The van der Waals surface area contributed by atoms with E-state index in [9.17, 15) is 43.4 Å². The minimum Gasteiger partial charge on any atom is -0.387 e. The molecule has 2 saturated heterocycles. The molecule has 0 spiro atoms. The van der Waals surface area contributed by atoms with E-state index < -0.39 is 89.2 Å². The smallest absolute Gasteiger partial charge is 0.340 e. The molecule has 2 aliphatic rings. The molecule has 0 aliphatic carbocycles. The van der Waals surface area contributed by atoms with E-state index >= 15 is 0 Å². The monoisotopic (exact) mass is 669 g/mol. The summed E-state index contributed by atoms with van der Waals surface area (Å²) in [6.07, 6.45) is -10.2. The number of nitrogens with zero attached hydrogens (tertiary/aromatic N) is 5.